The monoisotopic (exact) mass is 438 g/mol. The lowest BCUT2D eigenvalue weighted by Crippen LogP contribution is -2.42. The molecule has 2 saturated carbocycles. The van der Waals surface area contributed by atoms with Crippen LogP contribution < -0.4 is 16.4 Å². The smallest absolute Gasteiger partial charge is 0.230 e. The van der Waals surface area contributed by atoms with E-state index < -0.39 is 17.7 Å². The SMILES string of the molecule is NC(=O)CCNC(=O)[C@H]1[C@H](C(=O)Nc2ncc(Br)s2)[C@@H]2C=C[C@H]1C21CC1. The third kappa shape index (κ3) is 2.87. The van der Waals surface area contributed by atoms with E-state index in [1.54, 1.807) is 6.20 Å². The van der Waals surface area contributed by atoms with Gasteiger partial charge in [-0.05, 0) is 46.0 Å². The second-order valence-corrected chi connectivity index (χ2v) is 9.60. The molecule has 1 aromatic rings. The van der Waals surface area contributed by atoms with Crippen molar-refractivity contribution in [3.8, 4) is 0 Å². The predicted octanol–water partition coefficient (Wildman–Crippen LogP) is 1.66. The Balaban J connectivity index is 1.52. The quantitative estimate of drug-likeness (QED) is 0.585. The summed E-state index contributed by atoms with van der Waals surface area (Å²) in [6.45, 7) is 0.201. The van der Waals surface area contributed by atoms with Gasteiger partial charge in [-0.1, -0.05) is 23.5 Å². The van der Waals surface area contributed by atoms with Gasteiger partial charge < -0.3 is 16.4 Å². The molecule has 4 atom stereocenters. The fraction of sp³-hybridized carbons (Fsp3) is 0.529. The Kier molecular flexibility index (Phi) is 4.38. The van der Waals surface area contributed by atoms with Crippen LogP contribution in [0.5, 0.6) is 0 Å². The number of rotatable bonds is 6. The number of nitrogens with two attached hydrogens (primary N) is 1. The highest BCUT2D eigenvalue weighted by Gasteiger charge is 2.69. The Labute approximate surface area is 162 Å². The van der Waals surface area contributed by atoms with Crippen LogP contribution in [0.3, 0.4) is 0 Å². The molecule has 9 heteroatoms. The number of aromatic nitrogens is 1. The molecule has 7 nitrogen and oxygen atoms in total. The van der Waals surface area contributed by atoms with Crippen LogP contribution in [-0.2, 0) is 14.4 Å². The largest absolute Gasteiger partial charge is 0.370 e. The number of amides is 3. The van der Waals surface area contributed by atoms with Crippen LogP contribution in [0.4, 0.5) is 5.13 Å². The number of carbonyl (C=O) groups is 3. The normalized spacial score (nSPS) is 29.7. The van der Waals surface area contributed by atoms with Crippen molar-refractivity contribution in [2.75, 3.05) is 11.9 Å². The van der Waals surface area contributed by atoms with Crippen molar-refractivity contribution in [1.82, 2.24) is 10.3 Å². The number of nitrogens with zero attached hydrogens (tertiary/aromatic N) is 1. The molecule has 0 aliphatic heterocycles. The number of primary amides is 1. The summed E-state index contributed by atoms with van der Waals surface area (Å²) < 4.78 is 0.833. The molecule has 0 aromatic carbocycles. The molecule has 1 heterocycles. The maximum Gasteiger partial charge on any atom is 0.230 e. The first-order valence-electron chi connectivity index (χ1n) is 8.59. The zero-order valence-electron chi connectivity index (χ0n) is 13.9. The van der Waals surface area contributed by atoms with Gasteiger partial charge in [-0.2, -0.15) is 0 Å². The van der Waals surface area contributed by atoms with Gasteiger partial charge in [-0.3, -0.25) is 14.4 Å². The van der Waals surface area contributed by atoms with Crippen LogP contribution in [0, 0.1) is 29.1 Å². The summed E-state index contributed by atoms with van der Waals surface area (Å²) in [6.07, 6.45) is 8.03. The standard InChI is InChI=1S/C17H19BrN4O3S/c18-10-7-21-16(26-10)22-15(25)13-9-2-1-8(17(9)4-5-17)12(13)14(24)20-6-3-11(19)23/h1-2,7-9,12-13H,3-6H2,(H2,19,23)(H,20,24)(H,21,22,25)/t8-,9+,12-,13-/m1/s1. The fourth-order valence-corrected chi connectivity index (χ4v) is 5.75. The number of allylic oxidation sites excluding steroid dienone is 2. The summed E-state index contributed by atoms with van der Waals surface area (Å²) in [5.41, 5.74) is 5.20. The Bertz CT molecular complexity index is 804. The van der Waals surface area contributed by atoms with E-state index in [0.29, 0.717) is 5.13 Å². The fourth-order valence-electron chi connectivity index (χ4n) is 4.64. The molecule has 3 aliphatic carbocycles. The van der Waals surface area contributed by atoms with Crippen molar-refractivity contribution in [3.05, 3.63) is 22.1 Å². The van der Waals surface area contributed by atoms with E-state index in [0.717, 1.165) is 16.6 Å². The molecule has 2 fully saturated rings. The van der Waals surface area contributed by atoms with Gasteiger partial charge in [0.1, 0.15) is 0 Å². The summed E-state index contributed by atoms with van der Waals surface area (Å²) >= 11 is 4.67. The van der Waals surface area contributed by atoms with Gasteiger partial charge in [-0.15, -0.1) is 0 Å². The van der Waals surface area contributed by atoms with Gasteiger partial charge in [0.2, 0.25) is 17.7 Å². The van der Waals surface area contributed by atoms with Crippen molar-refractivity contribution in [2.45, 2.75) is 19.3 Å². The first-order chi connectivity index (χ1) is 12.4. The Morgan fingerprint density at radius 2 is 1.88 bits per heavy atom. The number of hydrogen-bond acceptors (Lipinski definition) is 5. The molecule has 1 aromatic heterocycles. The number of nitrogens with one attached hydrogen (secondary N) is 2. The molecule has 4 rings (SSSR count). The van der Waals surface area contributed by atoms with Gasteiger partial charge in [0.05, 0.1) is 21.8 Å². The lowest BCUT2D eigenvalue weighted by atomic mass is 9.81. The average molecular weight is 439 g/mol. The first kappa shape index (κ1) is 17.7. The Morgan fingerprint density at radius 3 is 2.42 bits per heavy atom. The van der Waals surface area contributed by atoms with Crippen LogP contribution in [0.2, 0.25) is 0 Å². The van der Waals surface area contributed by atoms with E-state index in [1.165, 1.54) is 11.3 Å². The number of carbonyl (C=O) groups excluding carboxylic acids is 3. The zero-order chi connectivity index (χ0) is 18.5. The Morgan fingerprint density at radius 1 is 1.23 bits per heavy atom. The van der Waals surface area contributed by atoms with E-state index in [2.05, 4.69) is 43.7 Å². The van der Waals surface area contributed by atoms with Gasteiger partial charge in [-0.25, -0.2) is 4.98 Å². The summed E-state index contributed by atoms with van der Waals surface area (Å²) in [6, 6.07) is 0. The third-order valence-electron chi connectivity index (χ3n) is 5.83. The molecule has 0 unspecified atom stereocenters. The molecule has 0 radical (unpaired) electrons. The molecule has 3 amide bonds. The van der Waals surface area contributed by atoms with Crippen LogP contribution in [0.1, 0.15) is 19.3 Å². The molecule has 3 aliphatic rings. The number of anilines is 1. The van der Waals surface area contributed by atoms with Crippen molar-refractivity contribution >= 4 is 50.1 Å². The lowest BCUT2D eigenvalue weighted by Gasteiger charge is -2.25. The summed E-state index contributed by atoms with van der Waals surface area (Å²) in [4.78, 5) is 40.8. The van der Waals surface area contributed by atoms with Crippen molar-refractivity contribution < 1.29 is 14.4 Å². The van der Waals surface area contributed by atoms with Crippen LogP contribution in [0.15, 0.2) is 22.1 Å². The van der Waals surface area contributed by atoms with E-state index in [-0.39, 0.29) is 42.0 Å². The van der Waals surface area contributed by atoms with Crippen molar-refractivity contribution in [2.24, 2.45) is 34.8 Å². The summed E-state index contributed by atoms with van der Waals surface area (Å²) in [7, 11) is 0. The minimum Gasteiger partial charge on any atom is -0.370 e. The topological polar surface area (TPSA) is 114 Å². The number of halogens is 1. The highest BCUT2D eigenvalue weighted by atomic mass is 79.9. The summed E-state index contributed by atoms with van der Waals surface area (Å²) in [5, 5.41) is 6.17. The Hall–Kier alpha value is -1.74. The lowest BCUT2D eigenvalue weighted by molar-refractivity contribution is -0.133. The van der Waals surface area contributed by atoms with Crippen LogP contribution in [0.25, 0.3) is 0 Å². The predicted molar refractivity (Wildman–Crippen MR) is 100 cm³/mol. The summed E-state index contributed by atoms with van der Waals surface area (Å²) in [5.74, 6) is -1.45. The molecule has 26 heavy (non-hydrogen) atoms. The second-order valence-electron chi connectivity index (χ2n) is 7.19. The van der Waals surface area contributed by atoms with E-state index in [9.17, 15) is 14.4 Å². The van der Waals surface area contributed by atoms with Gasteiger partial charge in [0.25, 0.3) is 0 Å². The zero-order valence-corrected chi connectivity index (χ0v) is 16.3. The average Bonchev–Trinajstić information content (AvgIpc) is 3.08. The highest BCUT2D eigenvalue weighted by molar-refractivity contribution is 9.11. The first-order valence-corrected chi connectivity index (χ1v) is 10.2. The molecule has 138 valence electrons. The van der Waals surface area contributed by atoms with Crippen LogP contribution >= 0.6 is 27.3 Å². The maximum atomic E-state index is 13.0. The minimum atomic E-state index is -0.458. The van der Waals surface area contributed by atoms with Gasteiger partial charge in [0, 0.05) is 13.0 Å². The van der Waals surface area contributed by atoms with E-state index >= 15 is 0 Å². The second kappa shape index (κ2) is 6.45. The van der Waals surface area contributed by atoms with Crippen molar-refractivity contribution in [3.63, 3.8) is 0 Å². The molecular weight excluding hydrogens is 420 g/mol. The number of thiazole rings is 1. The van der Waals surface area contributed by atoms with Crippen molar-refractivity contribution in [1.29, 1.82) is 0 Å². The van der Waals surface area contributed by atoms with Gasteiger partial charge >= 0.3 is 0 Å². The van der Waals surface area contributed by atoms with E-state index in [1.807, 2.05) is 0 Å². The number of hydrogen-bond donors (Lipinski definition) is 3. The third-order valence-corrected chi connectivity index (χ3v) is 7.22. The molecule has 2 bridgehead atoms. The molecule has 0 saturated heterocycles. The highest BCUT2D eigenvalue weighted by Crippen LogP contribution is 2.72. The molecule has 1 spiro atoms. The van der Waals surface area contributed by atoms with E-state index in [4.69, 9.17) is 5.73 Å². The van der Waals surface area contributed by atoms with Gasteiger partial charge in [0.15, 0.2) is 5.13 Å². The minimum absolute atomic E-state index is 0.0666. The molecular formula is C17H19BrN4O3S. The maximum absolute atomic E-state index is 13.0. The molecule has 4 N–H and O–H groups in total. The van der Waals surface area contributed by atoms with Crippen LogP contribution in [-0.4, -0.2) is 29.3 Å².